The van der Waals surface area contributed by atoms with Crippen LogP contribution in [0.5, 0.6) is 0 Å². The number of anilines is 1. The van der Waals surface area contributed by atoms with Crippen molar-refractivity contribution < 1.29 is 4.79 Å². The molecule has 2 N–H and O–H groups in total. The highest BCUT2D eigenvalue weighted by Gasteiger charge is 2.14. The Hall–Kier alpha value is -2.97. The molecule has 0 aliphatic heterocycles. The van der Waals surface area contributed by atoms with Gasteiger partial charge in [0, 0.05) is 24.4 Å². The van der Waals surface area contributed by atoms with Crippen molar-refractivity contribution in [2.45, 2.75) is 6.42 Å². The summed E-state index contributed by atoms with van der Waals surface area (Å²) in [5.74, 6) is -0.0749. The molecule has 0 atom stereocenters. The molecule has 4 rings (SSSR count). The third kappa shape index (κ3) is 3.36. The van der Waals surface area contributed by atoms with E-state index < -0.39 is 0 Å². The lowest BCUT2D eigenvalue weighted by molar-refractivity contribution is -0.116. The number of hydrogen-bond acceptors (Lipinski definition) is 5. The highest BCUT2D eigenvalue weighted by atomic mass is 32.1. The Labute approximate surface area is 159 Å². The maximum Gasteiger partial charge on any atom is 0.348 e. The predicted octanol–water partition coefficient (Wildman–Crippen LogP) is 2.79. The SMILES string of the molecule is CN(C)CCC(=O)Nc1cc2n[nH]c(=O)n2c2cc(-c3ccsc3)ccc12. The number of carbonyl (C=O) groups excluding carboxylic acids is 1. The van der Waals surface area contributed by atoms with E-state index in [4.69, 9.17) is 0 Å². The fourth-order valence-electron chi connectivity index (χ4n) is 3.04. The van der Waals surface area contributed by atoms with Gasteiger partial charge in [-0.25, -0.2) is 14.3 Å². The topological polar surface area (TPSA) is 82.5 Å². The number of carbonyl (C=O) groups is 1. The standard InChI is InChI=1S/C19H19N5O2S/c1-23(2)7-5-18(25)20-15-10-17-21-22-19(26)24(17)16-9-12(3-4-14(15)16)13-6-8-27-11-13/h3-4,6,8-11H,5,7H2,1-2H3,(H,20,25)(H,22,26). The van der Waals surface area contributed by atoms with Gasteiger partial charge in [-0.05, 0) is 48.1 Å². The highest BCUT2D eigenvalue weighted by molar-refractivity contribution is 7.08. The summed E-state index contributed by atoms with van der Waals surface area (Å²) in [4.78, 5) is 26.5. The first-order chi connectivity index (χ1) is 13.0. The van der Waals surface area contributed by atoms with E-state index in [2.05, 4.69) is 20.9 Å². The van der Waals surface area contributed by atoms with Crippen molar-refractivity contribution >= 4 is 39.5 Å². The maximum absolute atomic E-state index is 12.3. The minimum atomic E-state index is -0.303. The van der Waals surface area contributed by atoms with Gasteiger partial charge in [0.25, 0.3) is 0 Å². The molecule has 0 bridgehead atoms. The summed E-state index contributed by atoms with van der Waals surface area (Å²) in [5, 5.41) is 14.4. The number of aromatic amines is 1. The van der Waals surface area contributed by atoms with Crippen molar-refractivity contribution in [2.24, 2.45) is 0 Å². The smallest absolute Gasteiger partial charge is 0.325 e. The Morgan fingerprint density at radius 3 is 2.85 bits per heavy atom. The summed E-state index contributed by atoms with van der Waals surface area (Å²) in [5.41, 5.74) is 3.62. The Balaban J connectivity index is 1.84. The Morgan fingerprint density at radius 1 is 1.26 bits per heavy atom. The molecule has 8 heteroatoms. The average molecular weight is 381 g/mol. The van der Waals surface area contributed by atoms with Gasteiger partial charge in [-0.3, -0.25) is 4.79 Å². The molecule has 3 aromatic heterocycles. The van der Waals surface area contributed by atoms with Gasteiger partial charge >= 0.3 is 5.69 Å². The van der Waals surface area contributed by atoms with Crippen LogP contribution in [-0.4, -0.2) is 46.0 Å². The van der Waals surface area contributed by atoms with Crippen molar-refractivity contribution in [3.63, 3.8) is 0 Å². The summed E-state index contributed by atoms with van der Waals surface area (Å²) in [7, 11) is 3.85. The zero-order valence-corrected chi connectivity index (χ0v) is 15.8. The summed E-state index contributed by atoms with van der Waals surface area (Å²) in [6.45, 7) is 0.663. The van der Waals surface area contributed by atoms with E-state index in [0.717, 1.165) is 16.5 Å². The van der Waals surface area contributed by atoms with Gasteiger partial charge in [-0.2, -0.15) is 16.4 Å². The number of nitrogens with zero attached hydrogens (tertiary/aromatic N) is 3. The summed E-state index contributed by atoms with van der Waals surface area (Å²) >= 11 is 1.62. The van der Waals surface area contributed by atoms with Crippen LogP contribution >= 0.6 is 11.3 Å². The number of hydrogen-bond donors (Lipinski definition) is 2. The van der Waals surface area contributed by atoms with E-state index in [0.29, 0.717) is 29.8 Å². The normalized spacial score (nSPS) is 11.5. The molecule has 0 spiro atoms. The molecule has 4 aromatic rings. The van der Waals surface area contributed by atoms with Crippen LogP contribution in [0.2, 0.25) is 0 Å². The van der Waals surface area contributed by atoms with Crippen LogP contribution in [0.1, 0.15) is 6.42 Å². The number of fused-ring (bicyclic) bond motifs is 3. The second-order valence-corrected chi connectivity index (χ2v) is 7.41. The second kappa shape index (κ2) is 6.98. The average Bonchev–Trinajstić information content (AvgIpc) is 3.30. The lowest BCUT2D eigenvalue weighted by Gasteiger charge is -2.13. The molecule has 0 aliphatic carbocycles. The maximum atomic E-state index is 12.3. The van der Waals surface area contributed by atoms with Gasteiger partial charge < -0.3 is 10.2 Å². The molecule has 1 amide bonds. The first-order valence-electron chi connectivity index (χ1n) is 8.54. The molecule has 0 radical (unpaired) electrons. The van der Waals surface area contributed by atoms with E-state index in [1.54, 1.807) is 17.4 Å². The highest BCUT2D eigenvalue weighted by Crippen LogP contribution is 2.30. The molecular weight excluding hydrogens is 362 g/mol. The predicted molar refractivity (Wildman–Crippen MR) is 108 cm³/mol. The zero-order chi connectivity index (χ0) is 19.0. The van der Waals surface area contributed by atoms with Gasteiger partial charge in [0.2, 0.25) is 5.91 Å². The fraction of sp³-hybridized carbons (Fsp3) is 0.211. The number of pyridine rings is 1. The van der Waals surface area contributed by atoms with Crippen LogP contribution in [0.25, 0.3) is 27.7 Å². The van der Waals surface area contributed by atoms with Gasteiger partial charge in [0.1, 0.15) is 0 Å². The van der Waals surface area contributed by atoms with Crippen LogP contribution in [0, 0.1) is 0 Å². The summed E-state index contributed by atoms with van der Waals surface area (Å²) in [6, 6.07) is 9.64. The molecular formula is C19H19N5O2S. The van der Waals surface area contributed by atoms with E-state index in [1.165, 1.54) is 4.40 Å². The molecule has 1 aromatic carbocycles. The molecule has 27 heavy (non-hydrogen) atoms. The minimum Gasteiger partial charge on any atom is -0.325 e. The first-order valence-corrected chi connectivity index (χ1v) is 9.48. The van der Waals surface area contributed by atoms with E-state index in [-0.39, 0.29) is 11.6 Å². The van der Waals surface area contributed by atoms with Crippen LogP contribution in [-0.2, 0) is 4.79 Å². The Kier molecular flexibility index (Phi) is 4.51. The first kappa shape index (κ1) is 17.4. The molecule has 138 valence electrons. The van der Waals surface area contributed by atoms with Crippen LogP contribution in [0.3, 0.4) is 0 Å². The van der Waals surface area contributed by atoms with Crippen molar-refractivity contribution in [2.75, 3.05) is 26.0 Å². The quantitative estimate of drug-likeness (QED) is 0.557. The number of H-pyrrole nitrogens is 1. The number of rotatable bonds is 5. The number of nitrogens with one attached hydrogen (secondary N) is 2. The molecule has 7 nitrogen and oxygen atoms in total. The van der Waals surface area contributed by atoms with Gasteiger partial charge in [-0.1, -0.05) is 12.1 Å². The fourth-order valence-corrected chi connectivity index (χ4v) is 3.70. The van der Waals surface area contributed by atoms with Crippen molar-refractivity contribution in [1.82, 2.24) is 19.5 Å². The van der Waals surface area contributed by atoms with E-state index in [9.17, 15) is 9.59 Å². The lowest BCUT2D eigenvalue weighted by Crippen LogP contribution is -2.21. The zero-order valence-electron chi connectivity index (χ0n) is 15.0. The Morgan fingerprint density at radius 2 is 2.11 bits per heavy atom. The number of amides is 1. The van der Waals surface area contributed by atoms with Crippen molar-refractivity contribution in [3.05, 3.63) is 51.6 Å². The third-order valence-electron chi connectivity index (χ3n) is 4.42. The number of thiophene rings is 1. The van der Waals surface area contributed by atoms with Crippen molar-refractivity contribution in [3.8, 4) is 11.1 Å². The van der Waals surface area contributed by atoms with Gasteiger partial charge in [0.15, 0.2) is 5.65 Å². The second-order valence-electron chi connectivity index (χ2n) is 6.63. The monoisotopic (exact) mass is 381 g/mol. The van der Waals surface area contributed by atoms with Crippen LogP contribution in [0.4, 0.5) is 5.69 Å². The summed E-state index contributed by atoms with van der Waals surface area (Å²) in [6.07, 6.45) is 0.389. The van der Waals surface area contributed by atoms with Crippen LogP contribution in [0.15, 0.2) is 45.9 Å². The minimum absolute atomic E-state index is 0.0749. The van der Waals surface area contributed by atoms with Crippen LogP contribution < -0.4 is 11.0 Å². The third-order valence-corrected chi connectivity index (χ3v) is 5.10. The molecule has 0 saturated carbocycles. The van der Waals surface area contributed by atoms with Crippen molar-refractivity contribution in [1.29, 1.82) is 0 Å². The number of benzene rings is 1. The largest absolute Gasteiger partial charge is 0.348 e. The Bertz CT molecular complexity index is 1170. The van der Waals surface area contributed by atoms with Gasteiger partial charge in [-0.15, -0.1) is 0 Å². The molecule has 0 saturated heterocycles. The molecule has 0 unspecified atom stereocenters. The molecule has 3 heterocycles. The van der Waals surface area contributed by atoms with E-state index >= 15 is 0 Å². The van der Waals surface area contributed by atoms with E-state index in [1.807, 2.05) is 48.6 Å². The summed E-state index contributed by atoms with van der Waals surface area (Å²) < 4.78 is 1.53. The molecule has 0 fully saturated rings. The van der Waals surface area contributed by atoms with Gasteiger partial charge in [0.05, 0.1) is 11.2 Å². The number of aromatic nitrogens is 3. The molecule has 0 aliphatic rings. The lowest BCUT2D eigenvalue weighted by atomic mass is 10.1.